The van der Waals surface area contributed by atoms with E-state index < -0.39 is 0 Å². The van der Waals surface area contributed by atoms with Crippen LogP contribution in [0.15, 0.2) is 12.4 Å². The Morgan fingerprint density at radius 3 is 2.88 bits per heavy atom. The number of aromatic nitrogens is 2. The summed E-state index contributed by atoms with van der Waals surface area (Å²) in [5.41, 5.74) is 1.07. The summed E-state index contributed by atoms with van der Waals surface area (Å²) in [6.07, 6.45) is 6.41. The van der Waals surface area contributed by atoms with Crippen LogP contribution >= 0.6 is 0 Å². The Morgan fingerprint density at radius 1 is 1.62 bits per heavy atom. The number of aliphatic hydroxyl groups is 1. The average molecular weight is 223 g/mol. The van der Waals surface area contributed by atoms with Gasteiger partial charge in [-0.2, -0.15) is 5.10 Å². The maximum Gasteiger partial charge on any atom is 0.0613 e. The summed E-state index contributed by atoms with van der Waals surface area (Å²) < 4.78 is 1.92. The van der Waals surface area contributed by atoms with E-state index in [4.69, 9.17) is 0 Å². The molecule has 4 heteroatoms. The van der Waals surface area contributed by atoms with Gasteiger partial charge in [-0.3, -0.25) is 4.68 Å². The predicted molar refractivity (Wildman–Crippen MR) is 63.0 cm³/mol. The van der Waals surface area contributed by atoms with Crippen LogP contribution in [-0.2, 0) is 13.1 Å². The van der Waals surface area contributed by atoms with E-state index in [1.807, 2.05) is 10.9 Å². The highest BCUT2D eigenvalue weighted by Crippen LogP contribution is 2.39. The molecule has 90 valence electrons. The van der Waals surface area contributed by atoms with E-state index in [0.717, 1.165) is 13.1 Å². The number of nitrogens with one attached hydrogen (secondary N) is 1. The van der Waals surface area contributed by atoms with E-state index in [-0.39, 0.29) is 12.1 Å². The van der Waals surface area contributed by atoms with E-state index in [0.29, 0.717) is 5.92 Å². The first-order valence-corrected chi connectivity index (χ1v) is 6.05. The van der Waals surface area contributed by atoms with Gasteiger partial charge in [0, 0.05) is 30.4 Å². The Labute approximate surface area is 96.7 Å². The van der Waals surface area contributed by atoms with Crippen molar-refractivity contribution in [2.45, 2.75) is 45.3 Å². The van der Waals surface area contributed by atoms with Gasteiger partial charge in [-0.15, -0.1) is 0 Å². The molecule has 16 heavy (non-hydrogen) atoms. The van der Waals surface area contributed by atoms with Gasteiger partial charge in [-0.1, -0.05) is 0 Å². The Balaban J connectivity index is 1.90. The molecule has 4 nitrogen and oxygen atoms in total. The van der Waals surface area contributed by atoms with Crippen molar-refractivity contribution in [1.29, 1.82) is 0 Å². The Hall–Kier alpha value is -0.870. The second kappa shape index (κ2) is 4.55. The van der Waals surface area contributed by atoms with Crippen molar-refractivity contribution in [3.63, 3.8) is 0 Å². The molecule has 1 atom stereocenters. The number of aliphatic hydroxyl groups excluding tert-OH is 1. The molecule has 1 aliphatic rings. The van der Waals surface area contributed by atoms with Gasteiger partial charge in [-0.05, 0) is 32.6 Å². The van der Waals surface area contributed by atoms with Crippen LogP contribution in [0.1, 0.15) is 32.3 Å². The van der Waals surface area contributed by atoms with Crippen LogP contribution in [0.25, 0.3) is 0 Å². The molecule has 1 unspecified atom stereocenters. The second-order valence-corrected chi connectivity index (χ2v) is 4.91. The van der Waals surface area contributed by atoms with Gasteiger partial charge in [0.15, 0.2) is 0 Å². The highest BCUT2D eigenvalue weighted by Gasteiger charge is 2.40. The van der Waals surface area contributed by atoms with E-state index >= 15 is 0 Å². The quantitative estimate of drug-likeness (QED) is 0.760. The lowest BCUT2D eigenvalue weighted by Gasteiger charge is -2.28. The first-order chi connectivity index (χ1) is 7.68. The van der Waals surface area contributed by atoms with Gasteiger partial charge < -0.3 is 10.4 Å². The molecule has 2 rings (SSSR count). The third-order valence-corrected chi connectivity index (χ3v) is 3.51. The standard InChI is InChI=1S/C12H21N3O/c1-3-15-8-10(7-14-15)6-13-12(2,9-16)11-4-5-11/h7-8,11,13,16H,3-6,9H2,1-2H3. The van der Waals surface area contributed by atoms with Crippen LogP contribution in [0.2, 0.25) is 0 Å². The highest BCUT2D eigenvalue weighted by atomic mass is 16.3. The average Bonchev–Trinajstić information content (AvgIpc) is 3.06. The summed E-state index contributed by atoms with van der Waals surface area (Å²) in [5.74, 6) is 0.638. The van der Waals surface area contributed by atoms with Crippen LogP contribution in [0.4, 0.5) is 0 Å². The van der Waals surface area contributed by atoms with Crippen LogP contribution in [0.3, 0.4) is 0 Å². The largest absolute Gasteiger partial charge is 0.394 e. The molecule has 1 heterocycles. The fourth-order valence-corrected chi connectivity index (χ4v) is 2.02. The van der Waals surface area contributed by atoms with Crippen LogP contribution in [-0.4, -0.2) is 27.0 Å². The lowest BCUT2D eigenvalue weighted by molar-refractivity contribution is 0.153. The molecule has 1 aliphatic carbocycles. The molecule has 0 spiro atoms. The lowest BCUT2D eigenvalue weighted by atomic mass is 9.97. The molecule has 0 aliphatic heterocycles. The summed E-state index contributed by atoms with van der Waals surface area (Å²) in [6.45, 7) is 6.08. The van der Waals surface area contributed by atoms with Crippen molar-refractivity contribution >= 4 is 0 Å². The summed E-state index contributed by atoms with van der Waals surface area (Å²) in [5, 5.41) is 17.1. The van der Waals surface area contributed by atoms with E-state index in [1.54, 1.807) is 0 Å². The van der Waals surface area contributed by atoms with Crippen molar-refractivity contribution in [2.75, 3.05) is 6.61 Å². The number of hydrogen-bond acceptors (Lipinski definition) is 3. The number of aryl methyl sites for hydroxylation is 1. The first kappa shape index (κ1) is 11.6. The zero-order valence-corrected chi connectivity index (χ0v) is 10.1. The minimum absolute atomic E-state index is 0.117. The molecule has 0 aromatic carbocycles. The topological polar surface area (TPSA) is 50.1 Å². The molecule has 1 aromatic rings. The van der Waals surface area contributed by atoms with Crippen molar-refractivity contribution in [1.82, 2.24) is 15.1 Å². The fraction of sp³-hybridized carbons (Fsp3) is 0.750. The molecule has 2 N–H and O–H groups in total. The summed E-state index contributed by atoms with van der Waals surface area (Å²) in [7, 11) is 0. The third kappa shape index (κ3) is 2.44. The zero-order valence-electron chi connectivity index (χ0n) is 10.1. The van der Waals surface area contributed by atoms with Crippen molar-refractivity contribution in [3.05, 3.63) is 18.0 Å². The molecule has 0 bridgehead atoms. The fourth-order valence-electron chi connectivity index (χ4n) is 2.02. The summed E-state index contributed by atoms with van der Waals surface area (Å²) in [4.78, 5) is 0. The van der Waals surface area contributed by atoms with Crippen molar-refractivity contribution < 1.29 is 5.11 Å². The second-order valence-electron chi connectivity index (χ2n) is 4.91. The van der Waals surface area contributed by atoms with Gasteiger partial charge in [0.2, 0.25) is 0 Å². The molecule has 0 saturated heterocycles. The van der Waals surface area contributed by atoms with E-state index in [2.05, 4.69) is 30.5 Å². The maximum atomic E-state index is 9.44. The minimum Gasteiger partial charge on any atom is -0.394 e. The summed E-state index contributed by atoms with van der Waals surface area (Å²) >= 11 is 0. The Kier molecular flexibility index (Phi) is 3.30. The first-order valence-electron chi connectivity index (χ1n) is 6.05. The molecule has 1 fully saturated rings. The zero-order chi connectivity index (χ0) is 11.6. The van der Waals surface area contributed by atoms with E-state index in [1.165, 1.54) is 18.4 Å². The van der Waals surface area contributed by atoms with Gasteiger partial charge in [0.1, 0.15) is 0 Å². The predicted octanol–water partition coefficient (Wildman–Crippen LogP) is 1.15. The molecule has 0 radical (unpaired) electrons. The number of hydrogen-bond donors (Lipinski definition) is 2. The highest BCUT2D eigenvalue weighted by molar-refractivity contribution is 5.06. The van der Waals surface area contributed by atoms with Crippen molar-refractivity contribution in [2.24, 2.45) is 5.92 Å². The SMILES string of the molecule is CCn1cc(CNC(C)(CO)C2CC2)cn1. The molecule has 1 saturated carbocycles. The molecular formula is C12H21N3O. The van der Waals surface area contributed by atoms with Gasteiger partial charge in [-0.25, -0.2) is 0 Å². The number of nitrogens with zero attached hydrogens (tertiary/aromatic N) is 2. The van der Waals surface area contributed by atoms with Crippen LogP contribution < -0.4 is 5.32 Å². The summed E-state index contributed by atoms with van der Waals surface area (Å²) in [6, 6.07) is 0. The third-order valence-electron chi connectivity index (χ3n) is 3.51. The lowest BCUT2D eigenvalue weighted by Crippen LogP contribution is -2.47. The van der Waals surface area contributed by atoms with Gasteiger partial charge >= 0.3 is 0 Å². The minimum atomic E-state index is -0.117. The Bertz CT molecular complexity index is 346. The number of rotatable bonds is 6. The van der Waals surface area contributed by atoms with E-state index in [9.17, 15) is 5.11 Å². The smallest absolute Gasteiger partial charge is 0.0613 e. The van der Waals surface area contributed by atoms with Gasteiger partial charge in [0.05, 0.1) is 12.8 Å². The monoisotopic (exact) mass is 223 g/mol. The maximum absolute atomic E-state index is 9.44. The van der Waals surface area contributed by atoms with Gasteiger partial charge in [0.25, 0.3) is 0 Å². The molecule has 0 amide bonds. The van der Waals surface area contributed by atoms with Crippen LogP contribution in [0.5, 0.6) is 0 Å². The molecule has 1 aromatic heterocycles. The van der Waals surface area contributed by atoms with Crippen molar-refractivity contribution in [3.8, 4) is 0 Å². The normalized spacial score (nSPS) is 19.7. The Morgan fingerprint density at radius 2 is 2.38 bits per heavy atom. The molecular weight excluding hydrogens is 202 g/mol. The van der Waals surface area contributed by atoms with Crippen LogP contribution in [0, 0.1) is 5.92 Å².